The zero-order valence-corrected chi connectivity index (χ0v) is 19.5. The van der Waals surface area contributed by atoms with E-state index in [9.17, 15) is 4.79 Å². The molecular formula is C25H30ClN5O. The summed E-state index contributed by atoms with van der Waals surface area (Å²) in [5, 5.41) is 0.671. The van der Waals surface area contributed by atoms with E-state index in [1.165, 1.54) is 0 Å². The summed E-state index contributed by atoms with van der Waals surface area (Å²) >= 11 is 6.56. The van der Waals surface area contributed by atoms with Crippen molar-refractivity contribution in [3.8, 4) is 11.4 Å². The van der Waals surface area contributed by atoms with Crippen molar-refractivity contribution in [1.29, 1.82) is 0 Å². The van der Waals surface area contributed by atoms with Crippen molar-refractivity contribution in [2.75, 3.05) is 45.2 Å². The molecule has 1 amide bonds. The van der Waals surface area contributed by atoms with Gasteiger partial charge in [0.25, 0.3) is 0 Å². The number of nitrogens with zero attached hydrogens (tertiary/aromatic N) is 4. The van der Waals surface area contributed by atoms with Crippen LogP contribution in [0.4, 0.5) is 5.69 Å². The van der Waals surface area contributed by atoms with Crippen LogP contribution in [0.25, 0.3) is 22.4 Å². The molecule has 2 aliphatic rings. The number of amides is 1. The van der Waals surface area contributed by atoms with Gasteiger partial charge < -0.3 is 19.7 Å². The maximum absolute atomic E-state index is 13.2. The van der Waals surface area contributed by atoms with Crippen LogP contribution in [0.2, 0.25) is 5.02 Å². The fraction of sp³-hybridized carbons (Fsp3) is 0.440. The van der Waals surface area contributed by atoms with Crippen molar-refractivity contribution in [3.05, 3.63) is 47.5 Å². The second kappa shape index (κ2) is 8.75. The molecule has 0 saturated carbocycles. The minimum Gasteiger partial charge on any atom is -0.371 e. The summed E-state index contributed by atoms with van der Waals surface area (Å²) in [5.41, 5.74) is 3.90. The van der Waals surface area contributed by atoms with Gasteiger partial charge in [0.2, 0.25) is 5.91 Å². The number of hydrogen-bond donors (Lipinski definition) is 1. The summed E-state index contributed by atoms with van der Waals surface area (Å²) in [6.45, 7) is 3.42. The number of hydrogen-bond acceptors (Lipinski definition) is 4. The number of para-hydroxylation sites is 2. The van der Waals surface area contributed by atoms with Crippen LogP contribution < -0.4 is 4.90 Å². The first-order chi connectivity index (χ1) is 15.5. The highest BCUT2D eigenvalue weighted by Crippen LogP contribution is 2.33. The van der Waals surface area contributed by atoms with Gasteiger partial charge in [-0.25, -0.2) is 4.98 Å². The fourth-order valence-corrected chi connectivity index (χ4v) is 5.21. The summed E-state index contributed by atoms with van der Waals surface area (Å²) in [6.07, 6.45) is 3.04. The molecule has 2 aliphatic heterocycles. The Morgan fingerprint density at radius 3 is 2.75 bits per heavy atom. The quantitative estimate of drug-likeness (QED) is 0.643. The van der Waals surface area contributed by atoms with E-state index in [-0.39, 0.29) is 5.92 Å². The van der Waals surface area contributed by atoms with Crippen molar-refractivity contribution in [2.45, 2.75) is 25.3 Å². The van der Waals surface area contributed by atoms with E-state index in [0.717, 1.165) is 73.6 Å². The number of carbonyl (C=O) groups is 1. The highest BCUT2D eigenvalue weighted by molar-refractivity contribution is 6.33. The van der Waals surface area contributed by atoms with Crippen LogP contribution in [0.15, 0.2) is 42.5 Å². The summed E-state index contributed by atoms with van der Waals surface area (Å²) in [4.78, 5) is 28.0. The highest BCUT2D eigenvalue weighted by atomic mass is 35.5. The number of H-pyrrole nitrogens is 1. The van der Waals surface area contributed by atoms with Gasteiger partial charge in [-0.1, -0.05) is 23.7 Å². The van der Waals surface area contributed by atoms with E-state index in [0.29, 0.717) is 17.0 Å². The van der Waals surface area contributed by atoms with Crippen molar-refractivity contribution in [2.24, 2.45) is 5.92 Å². The Labute approximate surface area is 194 Å². The number of likely N-dealkylation sites (tertiary alicyclic amines) is 1. The smallest absolute Gasteiger partial charge is 0.227 e. The Bertz CT molecular complexity index is 1090. The molecule has 168 valence electrons. The average Bonchev–Trinajstić information content (AvgIpc) is 3.46. The van der Waals surface area contributed by atoms with E-state index in [1.54, 1.807) is 0 Å². The molecule has 1 unspecified atom stereocenters. The zero-order chi connectivity index (χ0) is 22.2. The zero-order valence-electron chi connectivity index (χ0n) is 18.7. The van der Waals surface area contributed by atoms with Crippen LogP contribution in [0.5, 0.6) is 0 Å². The Hall–Kier alpha value is -2.57. The number of halogens is 1. The number of benzene rings is 2. The van der Waals surface area contributed by atoms with E-state index >= 15 is 0 Å². The number of piperidine rings is 1. The van der Waals surface area contributed by atoms with E-state index < -0.39 is 0 Å². The predicted molar refractivity (Wildman–Crippen MR) is 130 cm³/mol. The first-order valence-corrected chi connectivity index (χ1v) is 11.8. The normalized spacial score (nSPS) is 21.6. The van der Waals surface area contributed by atoms with Crippen LogP contribution >= 0.6 is 11.6 Å². The predicted octanol–water partition coefficient (Wildman–Crippen LogP) is 4.26. The van der Waals surface area contributed by atoms with Gasteiger partial charge in [-0.05, 0) is 63.7 Å². The standard InChI is InChI=1S/C25H30ClN5O/c1-29(2)19-11-13-31(16-19)25(32)17-6-5-12-30(15-17)18-9-10-21(26)20(14-18)24-27-22-7-3-4-8-23(22)28-24/h3-4,7-10,14,17,19H,5-6,11-13,15-16H2,1-2H3,(H,27,28)/t17-,19?/m0/s1. The molecule has 3 heterocycles. The van der Waals surface area contributed by atoms with Crippen LogP contribution in [0.1, 0.15) is 19.3 Å². The molecule has 32 heavy (non-hydrogen) atoms. The number of imidazole rings is 1. The number of carbonyl (C=O) groups excluding carboxylic acids is 1. The molecule has 0 aliphatic carbocycles. The third-order valence-electron chi connectivity index (χ3n) is 6.94. The number of rotatable bonds is 4. The first-order valence-electron chi connectivity index (χ1n) is 11.4. The Morgan fingerprint density at radius 1 is 1.12 bits per heavy atom. The number of aromatic nitrogens is 2. The summed E-state index contributed by atoms with van der Waals surface area (Å²) < 4.78 is 0. The number of nitrogens with one attached hydrogen (secondary N) is 1. The molecule has 7 heteroatoms. The van der Waals surface area contributed by atoms with Gasteiger partial charge in [0.05, 0.1) is 22.0 Å². The lowest BCUT2D eigenvalue weighted by atomic mass is 9.96. The molecule has 1 aromatic heterocycles. The van der Waals surface area contributed by atoms with Crippen LogP contribution in [0.3, 0.4) is 0 Å². The van der Waals surface area contributed by atoms with E-state index in [4.69, 9.17) is 16.6 Å². The van der Waals surface area contributed by atoms with Crippen molar-refractivity contribution in [3.63, 3.8) is 0 Å². The lowest BCUT2D eigenvalue weighted by Crippen LogP contribution is -2.45. The topological polar surface area (TPSA) is 55.5 Å². The molecule has 0 radical (unpaired) electrons. The average molecular weight is 452 g/mol. The lowest BCUT2D eigenvalue weighted by molar-refractivity contribution is -0.134. The molecular weight excluding hydrogens is 422 g/mol. The molecule has 5 rings (SSSR count). The minimum atomic E-state index is 0.0509. The first kappa shape index (κ1) is 21.3. The Morgan fingerprint density at radius 2 is 1.97 bits per heavy atom. The molecule has 0 bridgehead atoms. The van der Waals surface area contributed by atoms with Gasteiger partial charge in [0, 0.05) is 43.5 Å². The second-order valence-corrected chi connectivity index (χ2v) is 9.65. The number of anilines is 1. The third kappa shape index (κ3) is 4.09. The summed E-state index contributed by atoms with van der Waals surface area (Å²) in [5.74, 6) is 1.13. The van der Waals surface area contributed by atoms with Crippen LogP contribution in [0, 0.1) is 5.92 Å². The molecule has 6 nitrogen and oxygen atoms in total. The number of likely N-dealkylation sites (N-methyl/N-ethyl adjacent to an activating group) is 1. The van der Waals surface area contributed by atoms with Gasteiger partial charge in [-0.3, -0.25) is 4.79 Å². The second-order valence-electron chi connectivity index (χ2n) is 9.24. The molecule has 0 spiro atoms. The molecule has 3 aromatic rings. The number of aromatic amines is 1. The van der Waals surface area contributed by atoms with Crippen LogP contribution in [-0.2, 0) is 4.79 Å². The monoisotopic (exact) mass is 451 g/mol. The lowest BCUT2D eigenvalue weighted by Gasteiger charge is -2.35. The van der Waals surface area contributed by atoms with Gasteiger partial charge in [-0.15, -0.1) is 0 Å². The maximum Gasteiger partial charge on any atom is 0.227 e. The van der Waals surface area contributed by atoms with Crippen molar-refractivity contribution >= 4 is 34.2 Å². The van der Waals surface area contributed by atoms with Crippen LogP contribution in [-0.4, -0.2) is 72.0 Å². The maximum atomic E-state index is 13.2. The van der Waals surface area contributed by atoms with E-state index in [1.807, 2.05) is 30.3 Å². The van der Waals surface area contributed by atoms with Crippen molar-refractivity contribution < 1.29 is 4.79 Å². The molecule has 2 aromatic carbocycles. The Balaban J connectivity index is 1.34. The van der Waals surface area contributed by atoms with Gasteiger partial charge in [0.15, 0.2) is 0 Å². The number of fused-ring (bicyclic) bond motifs is 1. The molecule has 2 saturated heterocycles. The van der Waals surface area contributed by atoms with E-state index in [2.05, 4.69) is 45.9 Å². The fourth-order valence-electron chi connectivity index (χ4n) is 5.01. The molecule has 2 fully saturated rings. The largest absolute Gasteiger partial charge is 0.371 e. The molecule has 1 N–H and O–H groups in total. The van der Waals surface area contributed by atoms with Gasteiger partial charge in [-0.2, -0.15) is 0 Å². The highest BCUT2D eigenvalue weighted by Gasteiger charge is 2.34. The Kier molecular flexibility index (Phi) is 5.82. The third-order valence-corrected chi connectivity index (χ3v) is 7.27. The van der Waals surface area contributed by atoms with Crippen molar-refractivity contribution in [1.82, 2.24) is 19.8 Å². The summed E-state index contributed by atoms with van der Waals surface area (Å²) in [6, 6.07) is 14.6. The van der Waals surface area contributed by atoms with Gasteiger partial charge in [0.1, 0.15) is 5.82 Å². The van der Waals surface area contributed by atoms with Gasteiger partial charge >= 0.3 is 0 Å². The minimum absolute atomic E-state index is 0.0509. The molecule has 2 atom stereocenters. The summed E-state index contributed by atoms with van der Waals surface area (Å²) in [7, 11) is 4.20. The SMILES string of the molecule is CN(C)C1CCN(C(=O)[C@H]2CCCN(c3ccc(Cl)c(-c4nc5ccccc5[nH]4)c3)C2)C1.